The minimum Gasteiger partial charge on any atom is -0.293 e. The Balaban J connectivity index is 3.00. The molecule has 0 aromatic rings. The first kappa shape index (κ1) is 21.4. The molecule has 2 atom stereocenters. The average molecular weight is 335 g/mol. The van der Waals surface area contributed by atoms with Crippen LogP contribution >= 0.6 is 0 Å². The van der Waals surface area contributed by atoms with Crippen molar-refractivity contribution in [3.8, 4) is 0 Å². The smallest absolute Gasteiger partial charge is 0.0510 e. The molecule has 0 heterocycles. The van der Waals surface area contributed by atoms with Crippen molar-refractivity contribution in [2.45, 2.75) is 101 Å². The second-order valence-corrected chi connectivity index (χ2v) is 11.3. The van der Waals surface area contributed by atoms with Gasteiger partial charge in [0.25, 0.3) is 0 Å². The highest BCUT2D eigenvalue weighted by atomic mass is 14.8. The van der Waals surface area contributed by atoms with Crippen LogP contribution < -0.4 is 0 Å². The Morgan fingerprint density at radius 3 is 1.83 bits per heavy atom. The van der Waals surface area contributed by atoms with Gasteiger partial charge in [0.05, 0.1) is 6.04 Å². The summed E-state index contributed by atoms with van der Waals surface area (Å²) in [7, 11) is 0. The lowest BCUT2D eigenvalue weighted by Crippen LogP contribution is -2.40. The zero-order valence-corrected chi connectivity index (χ0v) is 18.3. The molecule has 0 bridgehead atoms. The summed E-state index contributed by atoms with van der Waals surface area (Å²) in [6.07, 6.45) is 3.59. The summed E-state index contributed by atoms with van der Waals surface area (Å²) < 4.78 is 0. The lowest BCUT2D eigenvalue weighted by Gasteiger charge is -2.45. The maximum atomic E-state index is 5.14. The van der Waals surface area contributed by atoms with Crippen LogP contribution in [0.3, 0.4) is 0 Å². The van der Waals surface area contributed by atoms with Crippen molar-refractivity contribution in [2.24, 2.45) is 31.6 Å². The monoisotopic (exact) mass is 334 g/mol. The first-order valence-electron chi connectivity index (χ1n) is 9.61. The van der Waals surface area contributed by atoms with Crippen LogP contribution in [0.15, 0.2) is 9.98 Å². The van der Waals surface area contributed by atoms with Crippen molar-refractivity contribution >= 4 is 11.4 Å². The molecule has 1 aliphatic carbocycles. The van der Waals surface area contributed by atoms with Gasteiger partial charge in [0.2, 0.25) is 0 Å². The predicted molar refractivity (Wildman–Crippen MR) is 110 cm³/mol. The maximum absolute atomic E-state index is 5.14. The fourth-order valence-corrected chi connectivity index (χ4v) is 3.80. The van der Waals surface area contributed by atoms with E-state index in [1.165, 1.54) is 24.3 Å². The molecule has 1 aliphatic rings. The summed E-state index contributed by atoms with van der Waals surface area (Å²) in [5.74, 6) is 0. The topological polar surface area (TPSA) is 24.7 Å². The number of rotatable bonds is 3. The van der Waals surface area contributed by atoms with Crippen LogP contribution in [0.5, 0.6) is 0 Å². The Morgan fingerprint density at radius 2 is 1.38 bits per heavy atom. The van der Waals surface area contributed by atoms with Gasteiger partial charge in [-0.2, -0.15) is 0 Å². The number of hydrogen-bond donors (Lipinski definition) is 0. The second-order valence-electron chi connectivity index (χ2n) is 11.3. The first-order chi connectivity index (χ1) is 10.5. The number of nitrogens with zero attached hydrogens (tertiary/aromatic N) is 2. The van der Waals surface area contributed by atoms with E-state index >= 15 is 0 Å². The van der Waals surface area contributed by atoms with Gasteiger partial charge in [-0.25, -0.2) is 0 Å². The van der Waals surface area contributed by atoms with E-state index in [0.29, 0.717) is 11.5 Å². The Morgan fingerprint density at radius 1 is 0.875 bits per heavy atom. The standard InChI is InChI=1S/C22H42N2/c1-16(19(3,4)5)23-15-22(11)13-18(12-21(9,10)14-22)24-17(2)20(6,7)8/h18H,12-15H2,1-11H3/t18-,22+/m0/s1. The van der Waals surface area contributed by atoms with Crippen LogP contribution in [0.2, 0.25) is 0 Å². The molecule has 0 aromatic heterocycles. The molecular weight excluding hydrogens is 292 g/mol. The molecule has 140 valence electrons. The Labute approximate surface area is 151 Å². The van der Waals surface area contributed by atoms with Crippen LogP contribution in [0.1, 0.15) is 95.4 Å². The summed E-state index contributed by atoms with van der Waals surface area (Å²) in [4.78, 5) is 10.1. The van der Waals surface area contributed by atoms with Crippen molar-refractivity contribution < 1.29 is 0 Å². The SMILES string of the molecule is CC(=NC[C@]1(C)C[C@@H](N=C(C)C(C)(C)C)CC(C)(C)C1)C(C)(C)C. The summed E-state index contributed by atoms with van der Waals surface area (Å²) in [6, 6.07) is 0.433. The van der Waals surface area contributed by atoms with E-state index in [0.717, 1.165) is 13.0 Å². The summed E-state index contributed by atoms with van der Waals surface area (Å²) >= 11 is 0. The normalized spacial score (nSPS) is 29.7. The minimum atomic E-state index is 0.166. The molecule has 0 radical (unpaired) electrons. The van der Waals surface area contributed by atoms with Crippen LogP contribution in [0.25, 0.3) is 0 Å². The van der Waals surface area contributed by atoms with Gasteiger partial charge >= 0.3 is 0 Å². The highest BCUT2D eigenvalue weighted by Gasteiger charge is 2.41. The zero-order chi connectivity index (χ0) is 19.0. The van der Waals surface area contributed by atoms with Gasteiger partial charge in [-0.3, -0.25) is 9.98 Å². The molecule has 2 heteroatoms. The largest absolute Gasteiger partial charge is 0.293 e. The van der Waals surface area contributed by atoms with Crippen molar-refractivity contribution in [3.63, 3.8) is 0 Å². The number of aliphatic imine (C=N–C) groups is 2. The average Bonchev–Trinajstić information content (AvgIpc) is 2.31. The molecule has 0 spiro atoms. The third-order valence-corrected chi connectivity index (χ3v) is 5.67. The second kappa shape index (κ2) is 6.92. The van der Waals surface area contributed by atoms with E-state index in [2.05, 4.69) is 76.2 Å². The quantitative estimate of drug-likeness (QED) is 0.520. The van der Waals surface area contributed by atoms with Gasteiger partial charge < -0.3 is 0 Å². The predicted octanol–water partition coefficient (Wildman–Crippen LogP) is 6.59. The van der Waals surface area contributed by atoms with E-state index in [9.17, 15) is 0 Å². The van der Waals surface area contributed by atoms with Crippen LogP contribution in [0, 0.1) is 21.7 Å². The van der Waals surface area contributed by atoms with E-state index < -0.39 is 0 Å². The molecule has 2 nitrogen and oxygen atoms in total. The Bertz CT molecular complexity index is 497. The highest BCUT2D eigenvalue weighted by Crippen LogP contribution is 2.47. The van der Waals surface area contributed by atoms with Gasteiger partial charge in [-0.05, 0) is 54.8 Å². The molecule has 24 heavy (non-hydrogen) atoms. The number of hydrogen-bond acceptors (Lipinski definition) is 2. The molecule has 0 aliphatic heterocycles. The molecule has 1 saturated carbocycles. The van der Waals surface area contributed by atoms with Crippen molar-refractivity contribution in [3.05, 3.63) is 0 Å². The lowest BCUT2D eigenvalue weighted by atomic mass is 9.62. The minimum absolute atomic E-state index is 0.166. The Hall–Kier alpha value is -0.660. The summed E-state index contributed by atoms with van der Waals surface area (Å²) in [5.41, 5.74) is 3.46. The molecular formula is C22H42N2. The van der Waals surface area contributed by atoms with E-state index in [1.54, 1.807) is 0 Å². The molecule has 1 rings (SSSR count). The zero-order valence-electron chi connectivity index (χ0n) is 18.3. The van der Waals surface area contributed by atoms with E-state index in [1.807, 2.05) is 0 Å². The van der Waals surface area contributed by atoms with Gasteiger partial charge in [0.15, 0.2) is 0 Å². The fraction of sp³-hybridized carbons (Fsp3) is 0.909. The first-order valence-corrected chi connectivity index (χ1v) is 9.61. The highest BCUT2D eigenvalue weighted by molar-refractivity contribution is 5.87. The van der Waals surface area contributed by atoms with Gasteiger partial charge in [0.1, 0.15) is 0 Å². The van der Waals surface area contributed by atoms with E-state index in [4.69, 9.17) is 9.98 Å². The molecule has 0 saturated heterocycles. The summed E-state index contributed by atoms with van der Waals surface area (Å²) in [6.45, 7) is 26.1. The maximum Gasteiger partial charge on any atom is 0.0510 e. The fourth-order valence-electron chi connectivity index (χ4n) is 3.80. The summed E-state index contributed by atoms with van der Waals surface area (Å²) in [5, 5.41) is 0. The van der Waals surface area contributed by atoms with Crippen LogP contribution in [-0.4, -0.2) is 24.0 Å². The molecule has 0 aromatic carbocycles. The molecule has 0 amide bonds. The molecule has 1 fully saturated rings. The van der Waals surface area contributed by atoms with Gasteiger partial charge in [0, 0.05) is 18.0 Å². The van der Waals surface area contributed by atoms with Crippen molar-refractivity contribution in [1.82, 2.24) is 0 Å². The Kier molecular flexibility index (Phi) is 6.17. The third kappa shape index (κ3) is 6.33. The molecule has 0 N–H and O–H groups in total. The van der Waals surface area contributed by atoms with Crippen LogP contribution in [-0.2, 0) is 0 Å². The third-order valence-electron chi connectivity index (χ3n) is 5.67. The van der Waals surface area contributed by atoms with Crippen LogP contribution in [0.4, 0.5) is 0 Å². The van der Waals surface area contributed by atoms with Gasteiger partial charge in [-0.1, -0.05) is 62.3 Å². The molecule has 0 unspecified atom stereocenters. The lowest BCUT2D eigenvalue weighted by molar-refractivity contribution is 0.0911. The van der Waals surface area contributed by atoms with Gasteiger partial charge in [-0.15, -0.1) is 0 Å². The van der Waals surface area contributed by atoms with Crippen molar-refractivity contribution in [2.75, 3.05) is 6.54 Å². The van der Waals surface area contributed by atoms with E-state index in [-0.39, 0.29) is 16.2 Å². The van der Waals surface area contributed by atoms with Crippen molar-refractivity contribution in [1.29, 1.82) is 0 Å².